The van der Waals surface area contributed by atoms with Gasteiger partial charge in [-0.05, 0) is 6.92 Å². The summed E-state index contributed by atoms with van der Waals surface area (Å²) in [5.74, 6) is -0.700. The maximum Gasteiger partial charge on any atom is 0.341 e. The molecule has 1 aromatic heterocycles. The van der Waals surface area contributed by atoms with Crippen LogP contribution in [-0.2, 0) is 0 Å². The first-order valence-corrected chi connectivity index (χ1v) is 5.45. The zero-order chi connectivity index (χ0) is 12.8. The van der Waals surface area contributed by atoms with Crippen molar-refractivity contribution in [1.82, 2.24) is 5.16 Å². The number of nitrogens with zero attached hydrogens (tertiary/aromatic N) is 1. The first-order chi connectivity index (χ1) is 8.20. The Balaban J connectivity index is 0.000000686. The number of hydrogen-bond donors (Lipinski definition) is 1. The Labute approximate surface area is 99.9 Å². The van der Waals surface area contributed by atoms with E-state index in [1.54, 1.807) is 19.1 Å². The lowest BCUT2D eigenvalue weighted by Gasteiger charge is -1.96. The van der Waals surface area contributed by atoms with Crippen molar-refractivity contribution in [2.45, 2.75) is 20.8 Å². The Hall–Kier alpha value is -2.10. The number of rotatable bonds is 2. The highest BCUT2D eigenvalue weighted by atomic mass is 16.5. The fraction of sp³-hybridized carbons (Fsp3) is 0.231. The second kappa shape index (κ2) is 5.84. The molecular formula is C13H15NO3. The van der Waals surface area contributed by atoms with Crippen LogP contribution in [-0.4, -0.2) is 16.2 Å². The predicted molar refractivity (Wildman–Crippen MR) is 65.0 cm³/mol. The van der Waals surface area contributed by atoms with Crippen molar-refractivity contribution in [2.24, 2.45) is 0 Å². The van der Waals surface area contributed by atoms with Crippen LogP contribution < -0.4 is 0 Å². The van der Waals surface area contributed by atoms with E-state index in [1.807, 2.05) is 32.0 Å². The summed E-state index contributed by atoms with van der Waals surface area (Å²) in [5.41, 5.74) is 1.24. The number of carbonyl (C=O) groups is 1. The first kappa shape index (κ1) is 13.0. The molecule has 1 heterocycles. The van der Waals surface area contributed by atoms with E-state index < -0.39 is 5.97 Å². The van der Waals surface area contributed by atoms with Crippen LogP contribution in [0, 0.1) is 6.92 Å². The maximum atomic E-state index is 11.0. The van der Waals surface area contributed by atoms with Crippen LogP contribution in [0.1, 0.15) is 30.0 Å². The van der Waals surface area contributed by atoms with Gasteiger partial charge in [0.2, 0.25) is 0 Å². The lowest BCUT2D eigenvalue weighted by molar-refractivity contribution is 0.0696. The van der Waals surface area contributed by atoms with E-state index in [4.69, 9.17) is 9.63 Å². The van der Waals surface area contributed by atoms with Gasteiger partial charge in [0.05, 0.1) is 0 Å². The van der Waals surface area contributed by atoms with Gasteiger partial charge in [-0.1, -0.05) is 49.3 Å². The van der Waals surface area contributed by atoms with Crippen molar-refractivity contribution in [3.05, 3.63) is 41.7 Å². The Bertz CT molecular complexity index is 489. The topological polar surface area (TPSA) is 63.3 Å². The largest absolute Gasteiger partial charge is 0.477 e. The predicted octanol–water partition coefficient (Wildman–Crippen LogP) is 3.37. The van der Waals surface area contributed by atoms with E-state index in [1.165, 1.54) is 0 Å². The third-order valence-corrected chi connectivity index (χ3v) is 2.12. The summed E-state index contributed by atoms with van der Waals surface area (Å²) in [6, 6.07) is 9.10. The van der Waals surface area contributed by atoms with Gasteiger partial charge in [0.1, 0.15) is 17.0 Å². The quantitative estimate of drug-likeness (QED) is 0.863. The molecule has 4 heteroatoms. The van der Waals surface area contributed by atoms with Crippen LogP contribution in [0.15, 0.2) is 34.9 Å². The minimum Gasteiger partial charge on any atom is -0.477 e. The van der Waals surface area contributed by atoms with Crippen molar-refractivity contribution in [3.8, 4) is 11.3 Å². The van der Waals surface area contributed by atoms with Gasteiger partial charge >= 0.3 is 5.97 Å². The van der Waals surface area contributed by atoms with E-state index in [-0.39, 0.29) is 5.56 Å². The highest BCUT2D eigenvalue weighted by Crippen LogP contribution is 2.24. The van der Waals surface area contributed by atoms with Gasteiger partial charge in [-0.25, -0.2) is 4.79 Å². The van der Waals surface area contributed by atoms with Crippen molar-refractivity contribution >= 4 is 5.97 Å². The molecule has 0 aliphatic rings. The molecule has 17 heavy (non-hydrogen) atoms. The molecule has 2 aromatic rings. The highest BCUT2D eigenvalue weighted by molar-refractivity contribution is 5.95. The highest BCUT2D eigenvalue weighted by Gasteiger charge is 2.20. The molecule has 1 N–H and O–H groups in total. The molecule has 0 unspecified atom stereocenters. The van der Waals surface area contributed by atoms with Crippen molar-refractivity contribution in [1.29, 1.82) is 0 Å². The summed E-state index contributed by atoms with van der Waals surface area (Å²) < 4.78 is 4.88. The van der Waals surface area contributed by atoms with Gasteiger partial charge < -0.3 is 9.63 Å². The molecule has 90 valence electrons. The molecule has 2 rings (SSSR count). The molecule has 0 amide bonds. The summed E-state index contributed by atoms with van der Waals surface area (Å²) in [4.78, 5) is 11.0. The lowest BCUT2D eigenvalue weighted by Crippen LogP contribution is -1.98. The molecule has 0 bridgehead atoms. The van der Waals surface area contributed by atoms with E-state index in [0.29, 0.717) is 11.5 Å². The van der Waals surface area contributed by atoms with Gasteiger partial charge in [0.15, 0.2) is 0 Å². The Morgan fingerprint density at radius 2 is 1.82 bits per heavy atom. The van der Waals surface area contributed by atoms with Crippen LogP contribution in [0.3, 0.4) is 0 Å². The molecule has 0 aliphatic carbocycles. The molecular weight excluding hydrogens is 218 g/mol. The smallest absolute Gasteiger partial charge is 0.341 e. The third kappa shape index (κ3) is 2.72. The number of hydrogen-bond acceptors (Lipinski definition) is 3. The van der Waals surface area contributed by atoms with Gasteiger partial charge in [-0.2, -0.15) is 0 Å². The molecule has 0 saturated heterocycles. The summed E-state index contributed by atoms with van der Waals surface area (Å²) in [7, 11) is 0. The average molecular weight is 233 g/mol. The van der Waals surface area contributed by atoms with Crippen LogP contribution in [0.4, 0.5) is 0 Å². The van der Waals surface area contributed by atoms with E-state index in [2.05, 4.69) is 5.16 Å². The van der Waals surface area contributed by atoms with Crippen LogP contribution in [0.25, 0.3) is 11.3 Å². The summed E-state index contributed by atoms with van der Waals surface area (Å²) in [6.45, 7) is 5.59. The van der Waals surface area contributed by atoms with Gasteiger partial charge in [-0.15, -0.1) is 0 Å². The molecule has 0 aliphatic heterocycles. The van der Waals surface area contributed by atoms with Gasteiger partial charge in [0, 0.05) is 5.56 Å². The maximum absolute atomic E-state index is 11.0. The van der Waals surface area contributed by atoms with Crippen LogP contribution >= 0.6 is 0 Å². The Morgan fingerprint density at radius 3 is 2.35 bits per heavy atom. The van der Waals surface area contributed by atoms with E-state index in [9.17, 15) is 4.79 Å². The lowest BCUT2D eigenvalue weighted by atomic mass is 10.1. The first-order valence-electron chi connectivity index (χ1n) is 5.45. The number of aryl methyl sites for hydroxylation is 1. The standard InChI is InChI=1S/C11H9NO3.C2H6/c1-7-9(11(13)14)10(12-15-7)8-5-3-2-4-6-8;1-2/h2-6H,1H3,(H,13,14);1-2H3. The Kier molecular flexibility index (Phi) is 4.46. The minimum absolute atomic E-state index is 0.126. The molecule has 0 fully saturated rings. The van der Waals surface area contributed by atoms with Gasteiger partial charge in [0.25, 0.3) is 0 Å². The third-order valence-electron chi connectivity index (χ3n) is 2.12. The second-order valence-electron chi connectivity index (χ2n) is 3.13. The fourth-order valence-corrected chi connectivity index (χ4v) is 1.42. The van der Waals surface area contributed by atoms with Crippen molar-refractivity contribution in [2.75, 3.05) is 0 Å². The molecule has 1 aromatic carbocycles. The average Bonchev–Trinajstić information content (AvgIpc) is 2.75. The molecule has 0 spiro atoms. The second-order valence-corrected chi connectivity index (χ2v) is 3.13. The number of aromatic nitrogens is 1. The van der Waals surface area contributed by atoms with E-state index >= 15 is 0 Å². The Morgan fingerprint density at radius 1 is 1.24 bits per heavy atom. The normalized spacial score (nSPS) is 9.35. The fourth-order valence-electron chi connectivity index (χ4n) is 1.42. The zero-order valence-electron chi connectivity index (χ0n) is 10.1. The summed E-state index contributed by atoms with van der Waals surface area (Å²) in [5, 5.41) is 12.7. The van der Waals surface area contributed by atoms with Crippen LogP contribution in [0.2, 0.25) is 0 Å². The number of carboxylic acid groups (broad SMARTS) is 1. The minimum atomic E-state index is -1.02. The SMILES string of the molecule is CC.Cc1onc(-c2ccccc2)c1C(=O)O. The summed E-state index contributed by atoms with van der Waals surface area (Å²) in [6.07, 6.45) is 0. The van der Waals surface area contributed by atoms with Crippen LogP contribution in [0.5, 0.6) is 0 Å². The number of benzene rings is 1. The molecule has 0 saturated carbocycles. The van der Waals surface area contributed by atoms with Gasteiger partial charge in [-0.3, -0.25) is 0 Å². The van der Waals surface area contributed by atoms with Crippen molar-refractivity contribution in [3.63, 3.8) is 0 Å². The van der Waals surface area contributed by atoms with E-state index in [0.717, 1.165) is 5.56 Å². The monoisotopic (exact) mass is 233 g/mol. The number of aromatic carboxylic acids is 1. The number of carboxylic acids is 1. The summed E-state index contributed by atoms with van der Waals surface area (Å²) >= 11 is 0. The molecule has 4 nitrogen and oxygen atoms in total. The zero-order valence-corrected chi connectivity index (χ0v) is 10.1. The molecule has 0 atom stereocenters. The van der Waals surface area contributed by atoms with Crippen molar-refractivity contribution < 1.29 is 14.4 Å². The molecule has 0 radical (unpaired) electrons.